The molecule has 140 valence electrons. The van der Waals surface area contributed by atoms with Gasteiger partial charge in [0.15, 0.2) is 5.78 Å². The number of aliphatic hydroxyl groups excluding tert-OH is 1. The van der Waals surface area contributed by atoms with E-state index in [0.29, 0.717) is 17.7 Å². The van der Waals surface area contributed by atoms with Crippen molar-refractivity contribution in [2.45, 2.75) is 26.2 Å². The van der Waals surface area contributed by atoms with E-state index in [2.05, 4.69) is 4.99 Å². The van der Waals surface area contributed by atoms with Gasteiger partial charge in [-0.05, 0) is 38.2 Å². The normalized spacial score (nSPS) is 18.2. The van der Waals surface area contributed by atoms with Crippen LogP contribution in [0.4, 0.5) is 4.39 Å². The van der Waals surface area contributed by atoms with E-state index >= 15 is 0 Å². The van der Waals surface area contributed by atoms with Crippen LogP contribution in [0.1, 0.15) is 24.0 Å². The predicted octanol–water partition coefficient (Wildman–Crippen LogP) is 2.67. The summed E-state index contributed by atoms with van der Waals surface area (Å²) in [6, 6.07) is 4.68. The Labute approximate surface area is 153 Å². The highest BCUT2D eigenvalue weighted by atomic mass is 19.1. The largest absolute Gasteiger partial charge is 0.511 e. The molecule has 0 spiro atoms. The second-order valence-electron chi connectivity index (χ2n) is 6.95. The molecular weight excluding hydrogens is 335 g/mol. The van der Waals surface area contributed by atoms with E-state index in [1.54, 1.807) is 19.1 Å². The highest BCUT2D eigenvalue weighted by Crippen LogP contribution is 2.27. The molecule has 0 fully saturated rings. The minimum atomic E-state index is -0.578. The molecule has 0 radical (unpaired) electrons. The third-order valence-electron chi connectivity index (χ3n) is 4.45. The van der Waals surface area contributed by atoms with E-state index in [9.17, 15) is 19.1 Å². The number of Topliss-reactive ketones (excluding diaryl/α,β-unsaturated/α-hetero) is 2. The van der Waals surface area contributed by atoms with E-state index < -0.39 is 5.92 Å². The van der Waals surface area contributed by atoms with Gasteiger partial charge < -0.3 is 10.0 Å². The fourth-order valence-corrected chi connectivity index (χ4v) is 2.79. The van der Waals surface area contributed by atoms with Gasteiger partial charge in [-0.15, -0.1) is 0 Å². The van der Waals surface area contributed by atoms with Crippen molar-refractivity contribution in [2.24, 2.45) is 10.9 Å². The molecular formula is C20H25FN2O3. The number of hydrogen-bond acceptors (Lipinski definition) is 5. The average Bonchev–Trinajstić information content (AvgIpc) is 2.56. The number of carbonyl (C=O) groups excluding carboxylic acids is 2. The third-order valence-corrected chi connectivity index (χ3v) is 4.45. The van der Waals surface area contributed by atoms with Crippen molar-refractivity contribution in [3.8, 4) is 0 Å². The fourth-order valence-electron chi connectivity index (χ4n) is 2.79. The lowest BCUT2D eigenvalue weighted by atomic mass is 9.83. The number of ketones is 2. The molecule has 5 nitrogen and oxygen atoms in total. The Balaban J connectivity index is 2.01. The van der Waals surface area contributed by atoms with Crippen molar-refractivity contribution in [3.63, 3.8) is 0 Å². The molecule has 1 N–H and O–H groups in total. The molecule has 26 heavy (non-hydrogen) atoms. The summed E-state index contributed by atoms with van der Waals surface area (Å²) in [5.74, 6) is -1.48. The first-order chi connectivity index (χ1) is 12.3. The third kappa shape index (κ3) is 5.33. The van der Waals surface area contributed by atoms with Crippen LogP contribution in [0.5, 0.6) is 0 Å². The molecule has 1 aliphatic carbocycles. The van der Waals surface area contributed by atoms with Crippen molar-refractivity contribution in [3.05, 3.63) is 46.5 Å². The summed E-state index contributed by atoms with van der Waals surface area (Å²) >= 11 is 0. The topological polar surface area (TPSA) is 70.0 Å². The number of aliphatic imine (C=N–C) groups is 1. The standard InChI is InChI=1S/C20H25FN2O3/c1-13-4-5-14(8-17(13)21)9-18(24)15-10-19(25)16(20(26)11-15)12-22-6-7-23(2)3/h4-5,8,12,15,25H,6-7,9-11H2,1-3H3. The molecule has 0 bridgehead atoms. The van der Waals surface area contributed by atoms with Crippen LogP contribution in [-0.4, -0.2) is 55.0 Å². The van der Waals surface area contributed by atoms with E-state index in [1.165, 1.54) is 12.3 Å². The quantitative estimate of drug-likeness (QED) is 0.759. The Morgan fingerprint density at radius 1 is 1.38 bits per heavy atom. The molecule has 0 saturated carbocycles. The van der Waals surface area contributed by atoms with Crippen molar-refractivity contribution >= 4 is 17.8 Å². The van der Waals surface area contributed by atoms with E-state index in [0.717, 1.165) is 6.54 Å². The molecule has 0 aromatic heterocycles. The van der Waals surface area contributed by atoms with Gasteiger partial charge in [0.1, 0.15) is 17.4 Å². The second-order valence-corrected chi connectivity index (χ2v) is 6.95. The molecule has 1 atom stereocenters. The van der Waals surface area contributed by atoms with Crippen LogP contribution in [0.25, 0.3) is 0 Å². The predicted molar refractivity (Wildman–Crippen MR) is 99.1 cm³/mol. The monoisotopic (exact) mass is 360 g/mol. The second kappa shape index (κ2) is 8.85. The SMILES string of the molecule is Cc1ccc(CC(=O)C2CC(=O)C(C=NCCN(C)C)=C(O)C2)cc1F. The molecule has 0 heterocycles. The minimum Gasteiger partial charge on any atom is -0.511 e. The van der Waals surface area contributed by atoms with Crippen molar-refractivity contribution in [2.75, 3.05) is 27.2 Å². The van der Waals surface area contributed by atoms with Gasteiger partial charge in [0.05, 0.1) is 12.1 Å². The zero-order chi connectivity index (χ0) is 19.3. The van der Waals surface area contributed by atoms with Gasteiger partial charge >= 0.3 is 0 Å². The summed E-state index contributed by atoms with van der Waals surface area (Å²) < 4.78 is 13.6. The first-order valence-corrected chi connectivity index (χ1v) is 8.65. The lowest BCUT2D eigenvalue weighted by Gasteiger charge is -2.21. The van der Waals surface area contributed by atoms with Crippen LogP contribution in [0.3, 0.4) is 0 Å². The van der Waals surface area contributed by atoms with Crippen LogP contribution in [0.2, 0.25) is 0 Å². The van der Waals surface area contributed by atoms with Gasteiger partial charge in [-0.25, -0.2) is 4.39 Å². The summed E-state index contributed by atoms with van der Waals surface area (Å²) in [5, 5.41) is 10.2. The van der Waals surface area contributed by atoms with Gasteiger partial charge in [-0.3, -0.25) is 14.6 Å². The lowest BCUT2D eigenvalue weighted by Crippen LogP contribution is -2.27. The average molecular weight is 360 g/mol. The Bertz CT molecular complexity index is 753. The molecule has 0 aliphatic heterocycles. The first-order valence-electron chi connectivity index (χ1n) is 8.65. The molecule has 0 amide bonds. The number of allylic oxidation sites excluding steroid dienone is 2. The van der Waals surface area contributed by atoms with Gasteiger partial charge in [-0.2, -0.15) is 0 Å². The molecule has 1 aromatic carbocycles. The highest BCUT2D eigenvalue weighted by molar-refractivity contribution is 6.15. The van der Waals surface area contributed by atoms with Crippen LogP contribution < -0.4 is 0 Å². The van der Waals surface area contributed by atoms with Crippen molar-refractivity contribution in [1.29, 1.82) is 0 Å². The number of halogens is 1. The zero-order valence-corrected chi connectivity index (χ0v) is 15.5. The number of rotatable bonds is 7. The Hall–Kier alpha value is -2.34. The number of benzene rings is 1. The molecule has 1 aromatic rings. The fraction of sp³-hybridized carbons (Fsp3) is 0.450. The molecule has 1 aliphatic rings. The van der Waals surface area contributed by atoms with Gasteiger partial charge in [0.2, 0.25) is 0 Å². The maximum absolute atomic E-state index is 13.6. The van der Waals surface area contributed by atoms with Crippen molar-refractivity contribution < 1.29 is 19.1 Å². The maximum atomic E-state index is 13.6. The first kappa shape index (κ1) is 20.0. The van der Waals surface area contributed by atoms with Crippen molar-refractivity contribution in [1.82, 2.24) is 4.90 Å². The Morgan fingerprint density at radius 3 is 2.73 bits per heavy atom. The smallest absolute Gasteiger partial charge is 0.168 e. The number of aryl methyl sites for hydroxylation is 1. The molecule has 2 rings (SSSR count). The number of carbonyl (C=O) groups is 2. The zero-order valence-electron chi connectivity index (χ0n) is 15.5. The van der Waals surface area contributed by atoms with Gasteiger partial charge in [0, 0.05) is 37.9 Å². The molecule has 1 unspecified atom stereocenters. The summed E-state index contributed by atoms with van der Waals surface area (Å²) in [6.45, 7) is 2.93. The van der Waals surface area contributed by atoms with Crippen LogP contribution in [0.15, 0.2) is 34.5 Å². The highest BCUT2D eigenvalue weighted by Gasteiger charge is 2.31. The maximum Gasteiger partial charge on any atom is 0.168 e. The van der Waals surface area contributed by atoms with E-state index in [1.807, 2.05) is 19.0 Å². The van der Waals surface area contributed by atoms with E-state index in [4.69, 9.17) is 0 Å². The summed E-state index contributed by atoms with van der Waals surface area (Å²) in [4.78, 5) is 30.8. The summed E-state index contributed by atoms with van der Waals surface area (Å²) in [6.07, 6.45) is 1.62. The van der Waals surface area contributed by atoms with Crippen LogP contribution in [0, 0.1) is 18.7 Å². The molecule has 6 heteroatoms. The molecule has 0 saturated heterocycles. The summed E-state index contributed by atoms with van der Waals surface area (Å²) in [7, 11) is 3.85. The Kier molecular flexibility index (Phi) is 6.80. The van der Waals surface area contributed by atoms with Crippen LogP contribution >= 0.6 is 0 Å². The number of nitrogens with zero attached hydrogens (tertiary/aromatic N) is 2. The van der Waals surface area contributed by atoms with E-state index in [-0.39, 0.29) is 48.0 Å². The Morgan fingerprint density at radius 2 is 2.12 bits per heavy atom. The van der Waals surface area contributed by atoms with Gasteiger partial charge in [0.25, 0.3) is 0 Å². The minimum absolute atomic E-state index is 0.0479. The van der Waals surface area contributed by atoms with Gasteiger partial charge in [-0.1, -0.05) is 12.1 Å². The number of aliphatic hydroxyl groups is 1. The number of hydrogen-bond donors (Lipinski definition) is 1. The number of likely N-dealkylation sites (N-methyl/N-ethyl adjacent to an activating group) is 1. The lowest BCUT2D eigenvalue weighted by molar-refractivity contribution is -0.127. The van der Waals surface area contributed by atoms with Crippen LogP contribution in [-0.2, 0) is 16.0 Å². The summed E-state index contributed by atoms with van der Waals surface area (Å²) in [5.41, 5.74) is 1.28.